The van der Waals surface area contributed by atoms with E-state index in [4.69, 9.17) is 5.73 Å². The first-order valence-electron chi connectivity index (χ1n) is 21.0. The Bertz CT molecular complexity index is 2880. The molecule has 0 saturated carbocycles. The summed E-state index contributed by atoms with van der Waals surface area (Å²) < 4.78 is 4.00. The Balaban J connectivity index is 0.000000162. The van der Waals surface area contributed by atoms with Gasteiger partial charge < -0.3 is 36.8 Å². The molecule has 0 radical (unpaired) electrons. The second-order valence-corrected chi connectivity index (χ2v) is 16.0. The summed E-state index contributed by atoms with van der Waals surface area (Å²) in [6, 6.07) is 16.3. The van der Waals surface area contributed by atoms with Crippen molar-refractivity contribution in [3.63, 3.8) is 0 Å². The molecule has 0 atom stereocenters. The number of anilines is 9. The highest BCUT2D eigenvalue weighted by molar-refractivity contribution is 5.87. The third-order valence-electron chi connectivity index (χ3n) is 11.4. The maximum absolute atomic E-state index is 11.5. The zero-order valence-electron chi connectivity index (χ0n) is 35.4. The zero-order chi connectivity index (χ0) is 44.0. The Labute approximate surface area is 368 Å². The maximum atomic E-state index is 11.5. The number of benzene rings is 2. The SMILES string of the molecule is CN1CCC(n2cc(Nc3ncc(N)c(Nc4ccc5ccncc5c4)n3)cn2)CC1.CN1CCC(n2cc(Nc3ncc([N+](=O)[O-])c(Nc4ccc5ccncc5c4)n3)cn2)CC1. The number of fused-ring (bicyclic) bond motifs is 2. The zero-order valence-corrected chi connectivity index (χ0v) is 35.4. The Morgan fingerprint density at radius 1 is 0.594 bits per heavy atom. The van der Waals surface area contributed by atoms with Crippen LogP contribution in [0.15, 0.2) is 110 Å². The number of hydrogen-bond acceptors (Lipinski definition) is 17. The molecule has 8 heterocycles. The third-order valence-corrected chi connectivity index (χ3v) is 11.4. The van der Waals surface area contributed by atoms with Crippen molar-refractivity contribution < 1.29 is 4.92 Å². The highest BCUT2D eigenvalue weighted by atomic mass is 16.6. The molecule has 2 saturated heterocycles. The van der Waals surface area contributed by atoms with Crippen LogP contribution >= 0.6 is 0 Å². The van der Waals surface area contributed by atoms with Gasteiger partial charge in [-0.05, 0) is 113 Å². The van der Waals surface area contributed by atoms with Gasteiger partial charge in [0.05, 0.1) is 52.7 Å². The van der Waals surface area contributed by atoms with Crippen LogP contribution in [0.3, 0.4) is 0 Å². The van der Waals surface area contributed by atoms with Crippen LogP contribution in [0.4, 0.5) is 57.7 Å². The molecule has 6 aromatic heterocycles. The molecule has 0 amide bonds. The number of nitrogens with one attached hydrogen (secondary N) is 4. The Morgan fingerprint density at radius 2 is 1.08 bits per heavy atom. The highest BCUT2D eigenvalue weighted by Gasteiger charge is 2.22. The van der Waals surface area contributed by atoms with Gasteiger partial charge in [0, 0.05) is 59.3 Å². The van der Waals surface area contributed by atoms with Gasteiger partial charge in [-0.15, -0.1) is 0 Å². The van der Waals surface area contributed by atoms with Crippen molar-refractivity contribution in [1.82, 2.24) is 59.3 Å². The second-order valence-electron chi connectivity index (χ2n) is 16.0. The smallest absolute Gasteiger partial charge is 0.329 e. The monoisotopic (exact) mass is 860 g/mol. The van der Waals surface area contributed by atoms with Crippen LogP contribution in [0, 0.1) is 10.1 Å². The predicted octanol–water partition coefficient (Wildman–Crippen LogP) is 7.44. The number of aromatic nitrogens is 10. The first-order valence-corrected chi connectivity index (χ1v) is 21.0. The number of piperidine rings is 2. The average Bonchev–Trinajstić information content (AvgIpc) is 3.98. The Kier molecular flexibility index (Phi) is 12.1. The molecule has 2 aliphatic rings. The molecule has 326 valence electrons. The quantitative estimate of drug-likeness (QED) is 0.0627. The second kappa shape index (κ2) is 18.6. The summed E-state index contributed by atoms with van der Waals surface area (Å²) in [4.78, 5) is 41.3. The number of nitrogens with two attached hydrogens (primary N) is 1. The van der Waals surface area contributed by atoms with E-state index in [0.717, 1.165) is 90.5 Å². The van der Waals surface area contributed by atoms with Crippen molar-refractivity contribution >= 4 is 79.2 Å². The first-order chi connectivity index (χ1) is 31.2. The number of likely N-dealkylation sites (tertiary alicyclic amines) is 2. The molecular weight excluding hydrogens is 813 g/mol. The van der Waals surface area contributed by atoms with Crippen molar-refractivity contribution in [3.8, 4) is 0 Å². The molecule has 0 aliphatic carbocycles. The Hall–Kier alpha value is -7.84. The summed E-state index contributed by atoms with van der Waals surface area (Å²) in [5, 5.41) is 37.3. The normalized spacial score (nSPS) is 15.1. The summed E-state index contributed by atoms with van der Waals surface area (Å²) in [7, 11) is 4.28. The number of nitrogens with zero attached hydrogens (tertiary/aromatic N) is 13. The minimum Gasteiger partial charge on any atom is -0.394 e. The van der Waals surface area contributed by atoms with E-state index in [9.17, 15) is 10.1 Å². The van der Waals surface area contributed by atoms with Crippen molar-refractivity contribution in [2.75, 3.05) is 67.3 Å². The summed E-state index contributed by atoms with van der Waals surface area (Å²) in [5.74, 6) is 1.35. The van der Waals surface area contributed by atoms with Crippen molar-refractivity contribution in [2.24, 2.45) is 0 Å². The largest absolute Gasteiger partial charge is 0.394 e. The molecule has 10 rings (SSSR count). The standard InChI is InChI=1S/C22H23N9O2.C22H25N9/c1-29-8-5-19(6-9-29)30-14-18(12-25-30)27-22-24-13-20(31(32)33)21(28-22)26-17-3-2-15-4-7-23-11-16(15)10-17;1-30-8-5-19(6-9-30)31-14-18(12-26-31)28-22-25-13-20(23)21(29-22)27-17-3-2-15-4-7-24-11-16(15)10-17/h2-4,7,10-14,19H,5-6,8-9H2,1H3,(H2,24,26,27,28);2-4,7,10-14,19H,5-6,8-9,23H2,1H3,(H2,25,27,28,29). The fourth-order valence-electron chi connectivity index (χ4n) is 7.79. The fraction of sp³-hybridized carbons (Fsp3) is 0.273. The van der Waals surface area contributed by atoms with E-state index in [1.807, 2.05) is 82.7 Å². The topological polar surface area (TPSA) is 237 Å². The number of nitrogen functional groups attached to an aromatic ring is 1. The van der Waals surface area contributed by atoms with Gasteiger partial charge in [0.1, 0.15) is 6.20 Å². The summed E-state index contributed by atoms with van der Waals surface area (Å²) in [6.45, 7) is 4.26. The van der Waals surface area contributed by atoms with Crippen LogP contribution < -0.4 is 27.0 Å². The van der Waals surface area contributed by atoms with Gasteiger partial charge in [-0.2, -0.15) is 20.2 Å². The van der Waals surface area contributed by atoms with Gasteiger partial charge in [-0.1, -0.05) is 12.1 Å². The molecule has 20 heteroatoms. The molecule has 2 fully saturated rings. The van der Waals surface area contributed by atoms with Gasteiger partial charge >= 0.3 is 5.69 Å². The Morgan fingerprint density at radius 3 is 1.59 bits per heavy atom. The lowest BCUT2D eigenvalue weighted by Crippen LogP contribution is -2.31. The molecule has 2 aromatic carbocycles. The van der Waals surface area contributed by atoms with Crippen molar-refractivity contribution in [3.05, 3.63) is 121 Å². The highest BCUT2D eigenvalue weighted by Crippen LogP contribution is 2.30. The van der Waals surface area contributed by atoms with Crippen LogP contribution in [-0.2, 0) is 0 Å². The van der Waals surface area contributed by atoms with E-state index in [1.165, 1.54) is 6.20 Å². The molecule has 0 spiro atoms. The van der Waals surface area contributed by atoms with Gasteiger partial charge in [-0.3, -0.25) is 29.4 Å². The van der Waals surface area contributed by atoms with Crippen LogP contribution in [0.25, 0.3) is 21.5 Å². The molecule has 20 nitrogen and oxygen atoms in total. The van der Waals surface area contributed by atoms with Crippen LogP contribution in [0.5, 0.6) is 0 Å². The molecule has 64 heavy (non-hydrogen) atoms. The van der Waals surface area contributed by atoms with Gasteiger partial charge in [0.15, 0.2) is 5.82 Å². The lowest BCUT2D eigenvalue weighted by molar-refractivity contribution is -0.384. The van der Waals surface area contributed by atoms with E-state index < -0.39 is 4.92 Å². The molecular formula is C44H48N18O2. The summed E-state index contributed by atoms with van der Waals surface area (Å²) in [6.07, 6.45) is 21.6. The number of hydrogen-bond donors (Lipinski definition) is 5. The molecule has 0 bridgehead atoms. The lowest BCUT2D eigenvalue weighted by atomic mass is 10.1. The van der Waals surface area contributed by atoms with Crippen LogP contribution in [0.1, 0.15) is 37.8 Å². The van der Waals surface area contributed by atoms with Crippen molar-refractivity contribution in [2.45, 2.75) is 37.8 Å². The van der Waals surface area contributed by atoms with E-state index in [0.29, 0.717) is 35.2 Å². The molecule has 0 unspecified atom stereocenters. The fourth-order valence-corrected chi connectivity index (χ4v) is 7.79. The maximum Gasteiger partial charge on any atom is 0.329 e. The summed E-state index contributed by atoms with van der Waals surface area (Å²) >= 11 is 0. The minimum atomic E-state index is -0.507. The first kappa shape index (κ1) is 41.5. The van der Waals surface area contributed by atoms with Gasteiger partial charge in [0.25, 0.3) is 0 Å². The predicted molar refractivity (Wildman–Crippen MR) is 248 cm³/mol. The number of rotatable bonds is 11. The molecule has 6 N–H and O–H groups in total. The van der Waals surface area contributed by atoms with Crippen LogP contribution in [-0.4, -0.2) is 104 Å². The van der Waals surface area contributed by atoms with E-state index in [-0.39, 0.29) is 17.5 Å². The van der Waals surface area contributed by atoms with Crippen molar-refractivity contribution in [1.29, 1.82) is 0 Å². The van der Waals surface area contributed by atoms with E-state index in [1.54, 1.807) is 31.0 Å². The lowest BCUT2D eigenvalue weighted by Gasteiger charge is -2.28. The molecule has 8 aromatic rings. The number of pyridine rings is 2. The van der Waals surface area contributed by atoms with Gasteiger partial charge in [0.2, 0.25) is 17.7 Å². The van der Waals surface area contributed by atoms with Gasteiger partial charge in [-0.25, -0.2) is 9.97 Å². The summed E-state index contributed by atoms with van der Waals surface area (Å²) in [5.41, 5.74) is 9.49. The number of nitro groups is 1. The average molecular weight is 861 g/mol. The third kappa shape index (κ3) is 9.93. The molecule has 2 aliphatic heterocycles. The van der Waals surface area contributed by atoms with E-state index >= 15 is 0 Å². The van der Waals surface area contributed by atoms with Crippen LogP contribution in [0.2, 0.25) is 0 Å². The van der Waals surface area contributed by atoms with E-state index in [2.05, 4.69) is 85.3 Å². The minimum absolute atomic E-state index is 0.100.